The number of rotatable bonds is 5. The van der Waals surface area contributed by atoms with E-state index in [2.05, 4.69) is 25.6 Å². The summed E-state index contributed by atoms with van der Waals surface area (Å²) < 4.78 is 1.66. The van der Waals surface area contributed by atoms with Gasteiger partial charge < -0.3 is 25.4 Å². The highest BCUT2D eigenvalue weighted by molar-refractivity contribution is 6.33. The molecule has 168 valence electrons. The second-order valence-electron chi connectivity index (χ2n) is 8.11. The Morgan fingerprint density at radius 3 is 2.81 bits per heavy atom. The zero-order valence-electron chi connectivity index (χ0n) is 16.8. The number of nitrogens with zero attached hydrogens (tertiary/aromatic N) is 4. The number of aliphatic hydroxyl groups is 2. The van der Waals surface area contributed by atoms with E-state index in [-0.39, 0.29) is 17.1 Å². The van der Waals surface area contributed by atoms with Gasteiger partial charge in [-0.15, -0.1) is 0 Å². The number of nitrogens with one attached hydrogen (secondary N) is 2. The number of imidazole rings is 1. The van der Waals surface area contributed by atoms with Crippen molar-refractivity contribution in [1.82, 2.24) is 24.8 Å². The maximum atomic E-state index is 12.4. The van der Waals surface area contributed by atoms with Gasteiger partial charge in [0.1, 0.15) is 6.10 Å². The fraction of sp³-hybridized carbons (Fsp3) is 0.400. The summed E-state index contributed by atoms with van der Waals surface area (Å²) in [5, 5.41) is 28.2. The van der Waals surface area contributed by atoms with Crippen LogP contribution in [0.25, 0.3) is 11.2 Å². The normalized spacial score (nSPS) is 28.6. The predicted molar refractivity (Wildman–Crippen MR) is 120 cm³/mol. The van der Waals surface area contributed by atoms with Gasteiger partial charge in [-0.25, -0.2) is 4.98 Å². The number of aliphatic hydroxyl groups excluding tert-OH is 2. The summed E-state index contributed by atoms with van der Waals surface area (Å²) in [4.78, 5) is 25.4. The highest BCUT2D eigenvalue weighted by Gasteiger charge is 2.75. The van der Waals surface area contributed by atoms with Crippen LogP contribution in [0.15, 0.2) is 24.5 Å². The summed E-state index contributed by atoms with van der Waals surface area (Å²) in [5.41, 5.74) is 0.591. The maximum absolute atomic E-state index is 12.4. The molecule has 2 heterocycles. The van der Waals surface area contributed by atoms with Gasteiger partial charge in [0.05, 0.1) is 23.9 Å². The fourth-order valence-corrected chi connectivity index (χ4v) is 5.42. The van der Waals surface area contributed by atoms with Crippen molar-refractivity contribution in [3.05, 3.63) is 45.4 Å². The van der Waals surface area contributed by atoms with Crippen molar-refractivity contribution in [2.45, 2.75) is 31.2 Å². The third kappa shape index (κ3) is 3.14. The van der Waals surface area contributed by atoms with Gasteiger partial charge in [0.15, 0.2) is 17.0 Å². The molecule has 0 spiro atoms. The van der Waals surface area contributed by atoms with E-state index >= 15 is 0 Å². The van der Waals surface area contributed by atoms with E-state index in [1.54, 1.807) is 22.8 Å². The molecule has 2 saturated carbocycles. The zero-order chi connectivity index (χ0) is 22.8. The standard InChI is InChI=1S/C20H19Cl3N6O3/c1-24-18(32)20-5-10(20)13(14(30)15(20)31)29-7-26-12-16(27-19(23)28-17(12)29)25-6-8-4-9(21)2-3-11(8)22/h2-4,7,10,13-15,30-31H,5-6H2,1H3,(H,24,32)(H,25,27,28)/t10-,13+,14-,15-,20+/m0/s1. The van der Waals surface area contributed by atoms with E-state index in [9.17, 15) is 15.0 Å². The number of halogens is 3. The molecular formula is C20H19Cl3N6O3. The molecule has 1 amide bonds. The first-order valence-electron chi connectivity index (χ1n) is 9.94. The van der Waals surface area contributed by atoms with E-state index in [1.807, 2.05) is 0 Å². The number of benzene rings is 1. The Hall–Kier alpha value is -2.17. The molecule has 0 unspecified atom stereocenters. The lowest BCUT2D eigenvalue weighted by molar-refractivity contribution is -0.132. The summed E-state index contributed by atoms with van der Waals surface area (Å²) in [6.07, 6.45) is -0.355. The lowest BCUT2D eigenvalue weighted by atomic mass is 9.98. The predicted octanol–water partition coefficient (Wildman–Crippen LogP) is 2.43. The van der Waals surface area contributed by atoms with E-state index in [0.717, 1.165) is 5.56 Å². The van der Waals surface area contributed by atoms with Crippen molar-refractivity contribution in [2.75, 3.05) is 12.4 Å². The summed E-state index contributed by atoms with van der Waals surface area (Å²) in [5.74, 6) is -0.147. The molecule has 2 aromatic heterocycles. The van der Waals surface area contributed by atoms with Crippen LogP contribution in [0.4, 0.5) is 5.82 Å². The Morgan fingerprint density at radius 2 is 2.06 bits per heavy atom. The first-order chi connectivity index (χ1) is 15.3. The molecule has 32 heavy (non-hydrogen) atoms. The minimum Gasteiger partial charge on any atom is -0.389 e. The van der Waals surface area contributed by atoms with Crippen molar-refractivity contribution in [3.63, 3.8) is 0 Å². The third-order valence-electron chi connectivity index (χ3n) is 6.49. The van der Waals surface area contributed by atoms with Crippen LogP contribution < -0.4 is 10.6 Å². The SMILES string of the molecule is CNC(=O)[C@]12C[C@H]1[C@@H](n1cnc3c(NCc4cc(Cl)ccc4Cl)nc(Cl)nc31)[C@H](O)[C@@H]2O. The van der Waals surface area contributed by atoms with Gasteiger partial charge in [0, 0.05) is 29.6 Å². The van der Waals surface area contributed by atoms with Crippen LogP contribution >= 0.6 is 34.8 Å². The van der Waals surface area contributed by atoms with Crippen LogP contribution in [0, 0.1) is 11.3 Å². The quantitative estimate of drug-likeness (QED) is 0.399. The van der Waals surface area contributed by atoms with E-state index in [4.69, 9.17) is 34.8 Å². The molecule has 9 nitrogen and oxygen atoms in total. The molecule has 2 aliphatic rings. The molecule has 12 heteroatoms. The monoisotopic (exact) mass is 496 g/mol. The smallest absolute Gasteiger partial charge is 0.229 e. The highest BCUT2D eigenvalue weighted by Crippen LogP contribution is 2.67. The molecule has 0 aliphatic heterocycles. The lowest BCUT2D eigenvalue weighted by Gasteiger charge is -2.23. The molecule has 2 fully saturated rings. The number of hydrogen-bond acceptors (Lipinski definition) is 7. The minimum absolute atomic E-state index is 0.0136. The Labute approximate surface area is 197 Å². The molecule has 3 aromatic rings. The highest BCUT2D eigenvalue weighted by atomic mass is 35.5. The Bertz CT molecular complexity index is 1240. The zero-order valence-corrected chi connectivity index (χ0v) is 19.0. The number of fused-ring (bicyclic) bond motifs is 2. The third-order valence-corrected chi connectivity index (χ3v) is 7.26. The van der Waals surface area contributed by atoms with Crippen molar-refractivity contribution in [2.24, 2.45) is 11.3 Å². The number of carbonyl (C=O) groups is 1. The summed E-state index contributed by atoms with van der Waals surface area (Å²) in [6, 6.07) is 4.58. The van der Waals surface area contributed by atoms with Gasteiger partial charge in [-0.3, -0.25) is 4.79 Å². The molecular weight excluding hydrogens is 479 g/mol. The molecule has 5 atom stereocenters. The Balaban J connectivity index is 1.49. The van der Waals surface area contributed by atoms with Crippen molar-refractivity contribution < 1.29 is 15.0 Å². The Kier molecular flexibility index (Phi) is 5.22. The second-order valence-corrected chi connectivity index (χ2v) is 9.29. The second kappa shape index (κ2) is 7.71. The molecule has 0 saturated heterocycles. The van der Waals surface area contributed by atoms with Crippen molar-refractivity contribution >= 4 is 57.7 Å². The minimum atomic E-state index is -1.19. The summed E-state index contributed by atoms with van der Waals surface area (Å²) in [7, 11) is 1.52. The van der Waals surface area contributed by atoms with E-state index in [1.165, 1.54) is 13.4 Å². The molecule has 1 aromatic carbocycles. The Morgan fingerprint density at radius 1 is 1.28 bits per heavy atom. The largest absolute Gasteiger partial charge is 0.389 e. The first kappa shape index (κ1) is 21.7. The topological polar surface area (TPSA) is 125 Å². The molecule has 4 N–H and O–H groups in total. The summed E-state index contributed by atoms with van der Waals surface area (Å²) in [6.45, 7) is 0.321. The number of amides is 1. The number of anilines is 1. The van der Waals surface area contributed by atoms with Gasteiger partial charge in [-0.1, -0.05) is 23.2 Å². The van der Waals surface area contributed by atoms with Gasteiger partial charge in [0.2, 0.25) is 11.2 Å². The van der Waals surface area contributed by atoms with Gasteiger partial charge in [0.25, 0.3) is 0 Å². The van der Waals surface area contributed by atoms with Gasteiger partial charge >= 0.3 is 0 Å². The number of hydrogen-bond donors (Lipinski definition) is 4. The molecule has 5 rings (SSSR count). The lowest BCUT2D eigenvalue weighted by Crippen LogP contribution is -2.41. The van der Waals surface area contributed by atoms with Crippen LogP contribution in [0.5, 0.6) is 0 Å². The summed E-state index contributed by atoms with van der Waals surface area (Å²) >= 11 is 18.5. The number of carbonyl (C=O) groups excluding carboxylic acids is 1. The average Bonchev–Trinajstić information content (AvgIpc) is 3.31. The maximum Gasteiger partial charge on any atom is 0.229 e. The first-order valence-corrected chi connectivity index (χ1v) is 11.1. The molecule has 0 bridgehead atoms. The van der Waals surface area contributed by atoms with Crippen LogP contribution in [0.1, 0.15) is 18.0 Å². The van der Waals surface area contributed by atoms with Crippen LogP contribution in [0.3, 0.4) is 0 Å². The van der Waals surface area contributed by atoms with Crippen LogP contribution in [-0.4, -0.2) is 54.9 Å². The molecule has 2 aliphatic carbocycles. The van der Waals surface area contributed by atoms with Gasteiger partial charge in [-0.2, -0.15) is 9.97 Å². The van der Waals surface area contributed by atoms with Crippen LogP contribution in [-0.2, 0) is 11.3 Å². The molecule has 0 radical (unpaired) electrons. The van der Waals surface area contributed by atoms with Crippen LogP contribution in [0.2, 0.25) is 15.3 Å². The van der Waals surface area contributed by atoms with Crippen molar-refractivity contribution in [1.29, 1.82) is 0 Å². The van der Waals surface area contributed by atoms with Crippen molar-refractivity contribution in [3.8, 4) is 0 Å². The number of aromatic nitrogens is 4. The van der Waals surface area contributed by atoms with E-state index < -0.39 is 23.7 Å². The average molecular weight is 498 g/mol. The van der Waals surface area contributed by atoms with E-state index in [0.29, 0.717) is 40.0 Å². The van der Waals surface area contributed by atoms with Gasteiger partial charge in [-0.05, 0) is 41.8 Å². The fourth-order valence-electron chi connectivity index (χ4n) is 4.88.